The molecule has 5 rings (SSSR count). The lowest BCUT2D eigenvalue weighted by Crippen LogP contribution is -2.13. The molecule has 0 aliphatic rings. The van der Waals surface area contributed by atoms with Gasteiger partial charge in [-0.05, 0) is 42.5 Å². The molecule has 13 heteroatoms. The number of rotatable bonds is 7. The van der Waals surface area contributed by atoms with Crippen LogP contribution < -0.4 is 9.46 Å². The Hall–Kier alpha value is -4.67. The maximum absolute atomic E-state index is 14.3. The van der Waals surface area contributed by atoms with Crippen LogP contribution >= 0.6 is 11.3 Å². The Balaban J connectivity index is 1.52. The average molecular weight is 538 g/mol. The maximum Gasteiger partial charge on any atom is 0.263 e. The fraction of sp³-hybridized carbons (Fsp3) is 0. The molecule has 0 atom stereocenters. The summed E-state index contributed by atoms with van der Waals surface area (Å²) in [6, 6.07) is 11.1. The van der Waals surface area contributed by atoms with Gasteiger partial charge in [-0.15, -0.1) is 11.3 Å². The van der Waals surface area contributed by atoms with Gasteiger partial charge in [0.05, 0.1) is 40.4 Å². The van der Waals surface area contributed by atoms with Crippen molar-refractivity contribution in [1.29, 1.82) is 5.26 Å². The number of nitrogens with zero attached hydrogens (tertiary/aromatic N) is 4. The van der Waals surface area contributed by atoms with E-state index in [1.807, 2.05) is 6.07 Å². The van der Waals surface area contributed by atoms with Gasteiger partial charge in [-0.1, -0.05) is 0 Å². The largest absolute Gasteiger partial charge is 0.472 e. The van der Waals surface area contributed by atoms with Gasteiger partial charge in [-0.2, -0.15) is 19.0 Å². The van der Waals surface area contributed by atoms with Gasteiger partial charge in [0, 0.05) is 22.7 Å². The molecule has 0 fully saturated rings. The Bertz CT molecular complexity index is 1740. The van der Waals surface area contributed by atoms with Gasteiger partial charge < -0.3 is 9.15 Å². The summed E-state index contributed by atoms with van der Waals surface area (Å²) in [7, 11) is -3.99. The molecule has 0 amide bonds. The first-order valence-electron chi connectivity index (χ1n) is 10.3. The number of nitrogens with one attached hydrogen (secondary N) is 1. The lowest BCUT2D eigenvalue weighted by Gasteiger charge is -2.14. The van der Waals surface area contributed by atoms with E-state index >= 15 is 0 Å². The van der Waals surface area contributed by atoms with Crippen LogP contribution in [0.25, 0.3) is 22.4 Å². The standard InChI is InChI=1S/C24H13F2N5O4S2/c25-22-4-2-17(23(26)30-22)19-10-18(14-5-7-34-13-14)21(12-29-19)35-20-3-1-16(9-15(20)11-27)37(32,33)31-24-28-6-8-36-24/h1-10,12-13H,(H,28,31). The second-order valence-electron chi connectivity index (χ2n) is 7.36. The van der Waals surface area contributed by atoms with Crippen LogP contribution in [-0.4, -0.2) is 23.4 Å². The Morgan fingerprint density at radius 3 is 2.62 bits per heavy atom. The van der Waals surface area contributed by atoms with Crippen molar-refractivity contribution in [3.63, 3.8) is 0 Å². The van der Waals surface area contributed by atoms with Crippen molar-refractivity contribution < 1.29 is 26.4 Å². The minimum absolute atomic E-state index is 0.0299. The van der Waals surface area contributed by atoms with Crippen molar-refractivity contribution in [2.45, 2.75) is 4.90 Å². The number of sulfonamides is 1. The fourth-order valence-corrected chi connectivity index (χ4v) is 5.15. The molecule has 184 valence electrons. The third-order valence-electron chi connectivity index (χ3n) is 5.05. The van der Waals surface area contributed by atoms with Crippen LogP contribution in [0.3, 0.4) is 0 Å². The molecule has 0 saturated heterocycles. The maximum atomic E-state index is 14.3. The molecular formula is C24H13F2N5O4S2. The van der Waals surface area contributed by atoms with E-state index in [2.05, 4.69) is 19.7 Å². The topological polar surface area (TPSA) is 131 Å². The first-order valence-corrected chi connectivity index (χ1v) is 12.7. The van der Waals surface area contributed by atoms with E-state index in [9.17, 15) is 22.5 Å². The number of nitriles is 1. The van der Waals surface area contributed by atoms with Crippen molar-refractivity contribution in [3.8, 4) is 40.0 Å². The van der Waals surface area contributed by atoms with Crippen LogP contribution in [-0.2, 0) is 10.0 Å². The van der Waals surface area contributed by atoms with E-state index in [-0.39, 0.29) is 38.3 Å². The molecule has 0 radical (unpaired) electrons. The number of hydrogen-bond donors (Lipinski definition) is 1. The molecule has 0 saturated carbocycles. The number of halogens is 2. The zero-order valence-corrected chi connectivity index (χ0v) is 20.1. The number of aromatic nitrogens is 3. The van der Waals surface area contributed by atoms with E-state index in [4.69, 9.17) is 9.15 Å². The lowest BCUT2D eigenvalue weighted by atomic mass is 10.1. The molecular weight excluding hydrogens is 524 g/mol. The zero-order chi connectivity index (χ0) is 26.0. The third kappa shape index (κ3) is 5.01. The Kier molecular flexibility index (Phi) is 6.34. The Morgan fingerprint density at radius 2 is 1.92 bits per heavy atom. The molecule has 0 bridgehead atoms. The van der Waals surface area contributed by atoms with Crippen LogP contribution in [0, 0.1) is 23.2 Å². The Morgan fingerprint density at radius 1 is 1.05 bits per heavy atom. The summed E-state index contributed by atoms with van der Waals surface area (Å²) in [4.78, 5) is 11.1. The first-order chi connectivity index (χ1) is 17.8. The minimum atomic E-state index is -3.99. The van der Waals surface area contributed by atoms with Crippen molar-refractivity contribution in [1.82, 2.24) is 15.0 Å². The summed E-state index contributed by atoms with van der Waals surface area (Å²) >= 11 is 1.11. The van der Waals surface area contributed by atoms with Crippen molar-refractivity contribution in [3.05, 3.63) is 90.2 Å². The highest BCUT2D eigenvalue weighted by Crippen LogP contribution is 2.37. The fourth-order valence-electron chi connectivity index (χ4n) is 3.34. The minimum Gasteiger partial charge on any atom is -0.472 e. The Labute approximate surface area is 212 Å². The van der Waals surface area contributed by atoms with E-state index < -0.39 is 21.9 Å². The van der Waals surface area contributed by atoms with Gasteiger partial charge in [0.1, 0.15) is 11.8 Å². The summed E-state index contributed by atoms with van der Waals surface area (Å²) in [5.74, 6) is -1.76. The highest BCUT2D eigenvalue weighted by Gasteiger charge is 2.20. The second-order valence-corrected chi connectivity index (χ2v) is 9.94. The number of thiazole rings is 1. The number of benzene rings is 1. The summed E-state index contributed by atoms with van der Waals surface area (Å²) < 4.78 is 66.4. The quantitative estimate of drug-likeness (QED) is 0.265. The molecule has 9 nitrogen and oxygen atoms in total. The molecule has 1 N–H and O–H groups in total. The normalized spacial score (nSPS) is 11.2. The van der Waals surface area contributed by atoms with E-state index in [0.29, 0.717) is 11.1 Å². The van der Waals surface area contributed by atoms with Crippen LogP contribution in [0.5, 0.6) is 11.5 Å². The number of hydrogen-bond acceptors (Lipinski definition) is 9. The predicted molar refractivity (Wildman–Crippen MR) is 129 cm³/mol. The summed E-state index contributed by atoms with van der Waals surface area (Å²) in [5.41, 5.74) is 1.05. The smallest absolute Gasteiger partial charge is 0.263 e. The SMILES string of the molecule is N#Cc1cc(S(=O)(=O)Nc2nccs2)ccc1Oc1cnc(-c2ccc(F)nc2F)cc1-c1ccoc1. The monoisotopic (exact) mass is 537 g/mol. The molecule has 0 spiro atoms. The summed E-state index contributed by atoms with van der Waals surface area (Å²) in [5, 5.41) is 11.5. The van der Waals surface area contributed by atoms with Crippen molar-refractivity contribution >= 4 is 26.5 Å². The van der Waals surface area contributed by atoms with Crippen LogP contribution in [0.2, 0.25) is 0 Å². The first kappa shape index (κ1) is 24.0. The van der Waals surface area contributed by atoms with E-state index in [1.165, 1.54) is 55.3 Å². The predicted octanol–water partition coefficient (Wildman–Crippen LogP) is 5.60. The zero-order valence-electron chi connectivity index (χ0n) is 18.4. The van der Waals surface area contributed by atoms with Gasteiger partial charge in [-0.25, -0.2) is 13.4 Å². The van der Waals surface area contributed by atoms with E-state index in [1.54, 1.807) is 11.4 Å². The molecule has 4 heterocycles. The molecule has 5 aromatic rings. The second kappa shape index (κ2) is 9.76. The molecule has 1 aromatic carbocycles. The summed E-state index contributed by atoms with van der Waals surface area (Å²) in [6.45, 7) is 0. The third-order valence-corrected chi connectivity index (χ3v) is 7.20. The molecule has 4 aromatic heterocycles. The van der Waals surface area contributed by atoms with Crippen LogP contribution in [0.1, 0.15) is 5.56 Å². The molecule has 37 heavy (non-hydrogen) atoms. The lowest BCUT2D eigenvalue weighted by molar-refractivity contribution is 0.479. The molecule has 0 aliphatic heterocycles. The van der Waals surface area contributed by atoms with Crippen LogP contribution in [0.4, 0.5) is 13.9 Å². The highest BCUT2D eigenvalue weighted by molar-refractivity contribution is 7.93. The highest BCUT2D eigenvalue weighted by atomic mass is 32.2. The van der Waals surface area contributed by atoms with Gasteiger partial charge >= 0.3 is 0 Å². The molecule has 0 unspecified atom stereocenters. The van der Waals surface area contributed by atoms with Crippen molar-refractivity contribution in [2.24, 2.45) is 0 Å². The molecule has 0 aliphatic carbocycles. The van der Waals surface area contributed by atoms with Gasteiger partial charge in [0.2, 0.25) is 11.9 Å². The number of pyridine rings is 2. The summed E-state index contributed by atoms with van der Waals surface area (Å²) in [6.07, 6.45) is 5.61. The average Bonchev–Trinajstić information content (AvgIpc) is 3.59. The number of ether oxygens (including phenoxy) is 1. The number of anilines is 1. The van der Waals surface area contributed by atoms with Crippen LogP contribution in [0.15, 0.2) is 82.1 Å². The van der Waals surface area contributed by atoms with Crippen molar-refractivity contribution in [2.75, 3.05) is 4.72 Å². The number of furan rings is 1. The van der Waals surface area contributed by atoms with Gasteiger partial charge in [0.25, 0.3) is 10.0 Å². The van der Waals surface area contributed by atoms with Gasteiger partial charge in [0.15, 0.2) is 10.9 Å². The van der Waals surface area contributed by atoms with Gasteiger partial charge in [-0.3, -0.25) is 9.71 Å². The van der Waals surface area contributed by atoms with E-state index in [0.717, 1.165) is 17.4 Å².